The number of nitrogens with zero attached hydrogens (tertiary/aromatic N) is 4. The Labute approximate surface area is 105 Å². The van der Waals surface area contributed by atoms with Gasteiger partial charge in [-0.2, -0.15) is 10.1 Å². The standard InChI is InChI=1S/C11H18N6O/c1-7(2)17-11(10(12)8(3)16-17)13-5-4-9-14-6-15-18-9/h6-7,13H,4-5,12H2,1-3H3. The second-order valence-electron chi connectivity index (χ2n) is 4.40. The van der Waals surface area contributed by atoms with Crippen LogP contribution in [0, 0.1) is 6.92 Å². The predicted octanol–water partition coefficient (Wildman–Crippen LogP) is 1.39. The fourth-order valence-electron chi connectivity index (χ4n) is 1.70. The van der Waals surface area contributed by atoms with Crippen molar-refractivity contribution < 1.29 is 4.52 Å². The molecule has 7 nitrogen and oxygen atoms in total. The topological polar surface area (TPSA) is 94.8 Å². The maximum atomic E-state index is 6.00. The lowest BCUT2D eigenvalue weighted by Crippen LogP contribution is -2.13. The molecule has 0 spiro atoms. The first-order chi connectivity index (χ1) is 8.59. The summed E-state index contributed by atoms with van der Waals surface area (Å²) in [5.74, 6) is 1.45. The first-order valence-electron chi connectivity index (χ1n) is 5.93. The molecule has 0 aliphatic carbocycles. The molecule has 0 aliphatic rings. The molecule has 7 heteroatoms. The van der Waals surface area contributed by atoms with Crippen LogP contribution in [-0.2, 0) is 6.42 Å². The van der Waals surface area contributed by atoms with E-state index in [1.54, 1.807) is 0 Å². The Bertz CT molecular complexity index is 502. The molecule has 0 radical (unpaired) electrons. The minimum absolute atomic E-state index is 0.256. The fourth-order valence-corrected chi connectivity index (χ4v) is 1.70. The van der Waals surface area contributed by atoms with E-state index in [2.05, 4.69) is 34.4 Å². The summed E-state index contributed by atoms with van der Waals surface area (Å²) >= 11 is 0. The van der Waals surface area contributed by atoms with Crippen LogP contribution in [-0.4, -0.2) is 26.5 Å². The molecule has 0 saturated heterocycles. The maximum absolute atomic E-state index is 6.00. The average Bonchev–Trinajstić information content (AvgIpc) is 2.92. The van der Waals surface area contributed by atoms with E-state index in [4.69, 9.17) is 10.3 Å². The average molecular weight is 250 g/mol. The van der Waals surface area contributed by atoms with E-state index in [-0.39, 0.29) is 6.04 Å². The van der Waals surface area contributed by atoms with Crippen LogP contribution < -0.4 is 11.1 Å². The van der Waals surface area contributed by atoms with Crippen molar-refractivity contribution in [3.05, 3.63) is 17.9 Å². The van der Waals surface area contributed by atoms with Gasteiger partial charge in [0, 0.05) is 19.0 Å². The summed E-state index contributed by atoms with van der Waals surface area (Å²) in [6.45, 7) is 6.70. The number of hydrogen-bond donors (Lipinski definition) is 2. The summed E-state index contributed by atoms with van der Waals surface area (Å²) in [6.07, 6.45) is 2.05. The molecule has 3 N–H and O–H groups in total. The van der Waals surface area contributed by atoms with E-state index >= 15 is 0 Å². The van der Waals surface area contributed by atoms with Crippen molar-refractivity contribution in [2.24, 2.45) is 0 Å². The van der Waals surface area contributed by atoms with Crippen LogP contribution in [0.15, 0.2) is 10.9 Å². The molecule has 0 aromatic carbocycles. The van der Waals surface area contributed by atoms with Gasteiger partial charge in [0.25, 0.3) is 0 Å². The van der Waals surface area contributed by atoms with Crippen LogP contribution in [0.25, 0.3) is 0 Å². The Morgan fingerprint density at radius 2 is 2.28 bits per heavy atom. The molecule has 2 aromatic rings. The highest BCUT2D eigenvalue weighted by Crippen LogP contribution is 2.25. The number of nitrogen functional groups attached to an aromatic ring is 1. The Morgan fingerprint density at radius 3 is 2.89 bits per heavy atom. The van der Waals surface area contributed by atoms with Crippen molar-refractivity contribution in [1.82, 2.24) is 19.9 Å². The first kappa shape index (κ1) is 12.4. The van der Waals surface area contributed by atoms with Crippen LogP contribution in [0.1, 0.15) is 31.5 Å². The minimum atomic E-state index is 0.256. The van der Waals surface area contributed by atoms with Gasteiger partial charge in [-0.05, 0) is 20.8 Å². The highest BCUT2D eigenvalue weighted by Gasteiger charge is 2.14. The van der Waals surface area contributed by atoms with Crippen LogP contribution in [0.5, 0.6) is 0 Å². The lowest BCUT2D eigenvalue weighted by atomic mass is 10.3. The number of anilines is 2. The van der Waals surface area contributed by atoms with Gasteiger partial charge in [-0.3, -0.25) is 0 Å². The van der Waals surface area contributed by atoms with Gasteiger partial charge in [0.1, 0.15) is 5.82 Å². The summed E-state index contributed by atoms with van der Waals surface area (Å²) in [5, 5.41) is 11.2. The normalized spacial score (nSPS) is 11.1. The molecule has 18 heavy (non-hydrogen) atoms. The van der Waals surface area contributed by atoms with Crippen molar-refractivity contribution in [3.63, 3.8) is 0 Å². The molecule has 0 atom stereocenters. The lowest BCUT2D eigenvalue weighted by molar-refractivity contribution is 0.379. The second kappa shape index (κ2) is 5.07. The Balaban J connectivity index is 2.04. The van der Waals surface area contributed by atoms with E-state index in [1.807, 2.05) is 11.6 Å². The number of nitrogens with one attached hydrogen (secondary N) is 1. The SMILES string of the molecule is Cc1nn(C(C)C)c(NCCc2ncno2)c1N. The summed E-state index contributed by atoms with van der Waals surface area (Å²) in [4.78, 5) is 3.96. The van der Waals surface area contributed by atoms with Gasteiger partial charge in [-0.1, -0.05) is 5.16 Å². The molecule has 0 fully saturated rings. The second-order valence-corrected chi connectivity index (χ2v) is 4.40. The molecule has 0 unspecified atom stereocenters. The summed E-state index contributed by atoms with van der Waals surface area (Å²) < 4.78 is 6.82. The largest absolute Gasteiger partial charge is 0.394 e. The quantitative estimate of drug-likeness (QED) is 0.832. The maximum Gasteiger partial charge on any atom is 0.228 e. The number of rotatable bonds is 5. The smallest absolute Gasteiger partial charge is 0.228 e. The number of aromatic nitrogens is 4. The summed E-state index contributed by atoms with van der Waals surface area (Å²) in [5.41, 5.74) is 7.53. The number of hydrogen-bond acceptors (Lipinski definition) is 6. The molecule has 2 heterocycles. The van der Waals surface area contributed by atoms with Crippen LogP contribution in [0.3, 0.4) is 0 Å². The van der Waals surface area contributed by atoms with E-state index < -0.39 is 0 Å². The van der Waals surface area contributed by atoms with Gasteiger partial charge in [-0.15, -0.1) is 0 Å². The van der Waals surface area contributed by atoms with E-state index in [1.165, 1.54) is 6.33 Å². The highest BCUT2D eigenvalue weighted by molar-refractivity contribution is 5.64. The Kier molecular flexibility index (Phi) is 3.50. The van der Waals surface area contributed by atoms with E-state index in [0.717, 1.165) is 11.5 Å². The van der Waals surface area contributed by atoms with E-state index in [9.17, 15) is 0 Å². The summed E-state index contributed by atoms with van der Waals surface area (Å²) in [6, 6.07) is 0.256. The van der Waals surface area contributed by atoms with Crippen LogP contribution in [0.2, 0.25) is 0 Å². The molecule has 98 valence electrons. The third-order valence-corrected chi connectivity index (χ3v) is 2.66. The van der Waals surface area contributed by atoms with Gasteiger partial charge in [0.15, 0.2) is 6.33 Å². The molecule has 2 aromatic heterocycles. The third-order valence-electron chi connectivity index (χ3n) is 2.66. The van der Waals surface area contributed by atoms with Crippen molar-refractivity contribution in [1.29, 1.82) is 0 Å². The van der Waals surface area contributed by atoms with Crippen molar-refractivity contribution in [2.45, 2.75) is 33.2 Å². The van der Waals surface area contributed by atoms with Crippen LogP contribution >= 0.6 is 0 Å². The van der Waals surface area contributed by atoms with Gasteiger partial charge in [0.05, 0.1) is 11.4 Å². The predicted molar refractivity (Wildman–Crippen MR) is 68.3 cm³/mol. The van der Waals surface area contributed by atoms with Gasteiger partial charge >= 0.3 is 0 Å². The van der Waals surface area contributed by atoms with Crippen molar-refractivity contribution in [3.8, 4) is 0 Å². The van der Waals surface area contributed by atoms with Gasteiger partial charge in [0.2, 0.25) is 5.89 Å². The minimum Gasteiger partial charge on any atom is -0.394 e. The zero-order valence-corrected chi connectivity index (χ0v) is 10.8. The highest BCUT2D eigenvalue weighted by atomic mass is 16.5. The first-order valence-corrected chi connectivity index (χ1v) is 5.93. The van der Waals surface area contributed by atoms with Crippen LogP contribution in [0.4, 0.5) is 11.5 Å². The fraction of sp³-hybridized carbons (Fsp3) is 0.545. The molecule has 2 rings (SSSR count). The van der Waals surface area contributed by atoms with Gasteiger partial charge < -0.3 is 15.6 Å². The van der Waals surface area contributed by atoms with Gasteiger partial charge in [-0.25, -0.2) is 4.68 Å². The zero-order chi connectivity index (χ0) is 13.1. The lowest BCUT2D eigenvalue weighted by Gasteiger charge is -2.12. The molecule has 0 saturated carbocycles. The van der Waals surface area contributed by atoms with Crippen molar-refractivity contribution in [2.75, 3.05) is 17.6 Å². The third kappa shape index (κ3) is 2.44. The van der Waals surface area contributed by atoms with E-state index in [0.29, 0.717) is 24.5 Å². The van der Waals surface area contributed by atoms with Crippen molar-refractivity contribution >= 4 is 11.5 Å². The Hall–Kier alpha value is -2.05. The monoisotopic (exact) mass is 250 g/mol. The molecule has 0 bridgehead atoms. The molecule has 0 amide bonds. The number of aryl methyl sites for hydroxylation is 1. The molecular weight excluding hydrogens is 232 g/mol. The molecular formula is C11H18N6O. The Morgan fingerprint density at radius 1 is 1.50 bits per heavy atom. The molecule has 0 aliphatic heterocycles. The zero-order valence-electron chi connectivity index (χ0n) is 10.8. The number of nitrogens with two attached hydrogens (primary N) is 1. The summed E-state index contributed by atoms with van der Waals surface area (Å²) in [7, 11) is 0.